The van der Waals surface area contributed by atoms with E-state index in [9.17, 15) is 0 Å². The van der Waals surface area contributed by atoms with E-state index in [1.165, 1.54) is 32.1 Å². The van der Waals surface area contributed by atoms with Crippen molar-refractivity contribution in [3.63, 3.8) is 0 Å². The summed E-state index contributed by atoms with van der Waals surface area (Å²) in [6, 6.07) is 0. The maximum atomic E-state index is 16.2. The van der Waals surface area contributed by atoms with E-state index in [-0.39, 0.29) is 11.3 Å². The van der Waals surface area contributed by atoms with Gasteiger partial charge in [0.05, 0.1) is 13.2 Å². The SMILES string of the molecule is CC[C@H](/C=C/[C@@H](C)[C@H]1CC[C@H]2[C@@H]3[C@H](F)C[C@H]4CC5(CC[C@]4(C)[C@H]3CC[C@]12C)OCCO5)C(C)C. The van der Waals surface area contributed by atoms with Gasteiger partial charge in [-0.15, -0.1) is 0 Å². The van der Waals surface area contributed by atoms with E-state index in [4.69, 9.17) is 9.47 Å². The molecule has 0 radical (unpaired) electrons. The Balaban J connectivity index is 1.34. The monoisotopic (exact) mass is 474 g/mol. The highest BCUT2D eigenvalue weighted by Crippen LogP contribution is 2.69. The first-order valence-corrected chi connectivity index (χ1v) is 14.7. The van der Waals surface area contributed by atoms with Crippen LogP contribution in [0.3, 0.4) is 0 Å². The summed E-state index contributed by atoms with van der Waals surface area (Å²) in [4.78, 5) is 0. The molecule has 1 heterocycles. The Morgan fingerprint density at radius 2 is 1.62 bits per heavy atom. The molecule has 5 rings (SSSR count). The Morgan fingerprint density at radius 3 is 2.29 bits per heavy atom. The molecule has 1 spiro atoms. The topological polar surface area (TPSA) is 18.5 Å². The Labute approximate surface area is 208 Å². The number of rotatable bonds is 5. The predicted octanol–water partition coefficient (Wildman–Crippen LogP) is 8.21. The summed E-state index contributed by atoms with van der Waals surface area (Å²) in [5.41, 5.74) is 0.552. The van der Waals surface area contributed by atoms with E-state index in [2.05, 4.69) is 53.7 Å². The maximum absolute atomic E-state index is 16.2. The second-order valence-electron chi connectivity index (χ2n) is 13.8. The highest BCUT2D eigenvalue weighted by molar-refractivity contribution is 5.14. The fourth-order valence-corrected chi connectivity index (χ4v) is 10.1. The molecule has 4 saturated carbocycles. The lowest BCUT2D eigenvalue weighted by Gasteiger charge is -2.62. The summed E-state index contributed by atoms with van der Waals surface area (Å²) in [6.07, 6.45) is 14.4. The summed E-state index contributed by atoms with van der Waals surface area (Å²) in [5.74, 6) is 4.04. The second kappa shape index (κ2) is 9.16. The first kappa shape index (κ1) is 25.2. The van der Waals surface area contributed by atoms with Gasteiger partial charge < -0.3 is 9.47 Å². The molecule has 3 heteroatoms. The number of ether oxygens (including phenoxy) is 2. The number of fused-ring (bicyclic) bond motifs is 5. The first-order chi connectivity index (χ1) is 16.1. The Hall–Kier alpha value is -0.410. The van der Waals surface area contributed by atoms with Crippen molar-refractivity contribution in [2.24, 2.45) is 58.2 Å². The van der Waals surface area contributed by atoms with Crippen molar-refractivity contribution >= 4 is 0 Å². The molecule has 1 saturated heterocycles. The van der Waals surface area contributed by atoms with Crippen LogP contribution >= 0.6 is 0 Å². The van der Waals surface area contributed by atoms with Crippen molar-refractivity contribution in [1.29, 1.82) is 0 Å². The second-order valence-corrected chi connectivity index (χ2v) is 13.8. The number of hydrogen-bond acceptors (Lipinski definition) is 2. The summed E-state index contributed by atoms with van der Waals surface area (Å²) >= 11 is 0. The lowest BCUT2D eigenvalue weighted by molar-refractivity contribution is -0.237. The van der Waals surface area contributed by atoms with Crippen molar-refractivity contribution in [2.45, 2.75) is 111 Å². The van der Waals surface area contributed by atoms with E-state index in [1.54, 1.807) is 0 Å². The third-order valence-corrected chi connectivity index (χ3v) is 12.2. The fourth-order valence-electron chi connectivity index (χ4n) is 10.1. The molecule has 34 heavy (non-hydrogen) atoms. The van der Waals surface area contributed by atoms with Crippen molar-refractivity contribution < 1.29 is 13.9 Å². The molecule has 5 aliphatic rings. The fraction of sp³-hybridized carbons (Fsp3) is 0.935. The van der Waals surface area contributed by atoms with Gasteiger partial charge in [0, 0.05) is 12.8 Å². The zero-order valence-corrected chi connectivity index (χ0v) is 22.8. The van der Waals surface area contributed by atoms with Crippen molar-refractivity contribution in [1.82, 2.24) is 0 Å². The minimum absolute atomic E-state index is 0.254. The summed E-state index contributed by atoms with van der Waals surface area (Å²) in [7, 11) is 0. The van der Waals surface area contributed by atoms with Crippen LogP contribution in [0.5, 0.6) is 0 Å². The zero-order chi connectivity index (χ0) is 24.3. The summed E-state index contributed by atoms with van der Waals surface area (Å²) in [6.45, 7) is 15.9. The molecule has 10 atom stereocenters. The van der Waals surface area contributed by atoms with Crippen LogP contribution in [0.1, 0.15) is 99.3 Å². The van der Waals surface area contributed by atoms with Gasteiger partial charge in [-0.2, -0.15) is 0 Å². The molecule has 2 nitrogen and oxygen atoms in total. The number of alkyl halides is 1. The lowest BCUT2D eigenvalue weighted by Crippen LogP contribution is -2.59. The molecular formula is C31H51FO2. The zero-order valence-electron chi connectivity index (χ0n) is 22.8. The van der Waals surface area contributed by atoms with Crippen LogP contribution in [0.2, 0.25) is 0 Å². The Kier molecular flexibility index (Phi) is 6.80. The summed E-state index contributed by atoms with van der Waals surface area (Å²) < 4.78 is 28.3. The van der Waals surface area contributed by atoms with E-state index < -0.39 is 12.0 Å². The minimum atomic E-state index is -0.653. The van der Waals surface area contributed by atoms with Crippen LogP contribution in [0.25, 0.3) is 0 Å². The minimum Gasteiger partial charge on any atom is -0.348 e. The average Bonchev–Trinajstić information content (AvgIpc) is 3.39. The van der Waals surface area contributed by atoms with Crippen molar-refractivity contribution in [3.8, 4) is 0 Å². The third kappa shape index (κ3) is 3.94. The molecule has 0 bridgehead atoms. The average molecular weight is 475 g/mol. The standard InChI is InChI=1S/C31H51FO2/c1-7-22(20(2)3)9-8-21(4)24-10-11-25-28-26(12-13-30(24,25)6)29(5)14-15-31(33-16-17-34-31)19-23(29)18-27(28)32/h8-9,20-28H,7,10-19H2,1-6H3/b9-8+/t21-,22-,23+,24-,25+,26+,27-,28+,29+,30-/m1/s1. The van der Waals surface area contributed by atoms with Gasteiger partial charge in [0.25, 0.3) is 0 Å². The van der Waals surface area contributed by atoms with Crippen LogP contribution in [0, 0.1) is 58.2 Å². The molecule has 0 aromatic rings. The molecule has 1 aliphatic heterocycles. The molecule has 4 aliphatic carbocycles. The molecule has 0 amide bonds. The molecule has 5 fully saturated rings. The molecule has 0 unspecified atom stereocenters. The number of allylic oxidation sites excluding steroid dienone is 2. The van der Waals surface area contributed by atoms with Crippen LogP contribution < -0.4 is 0 Å². The highest BCUT2D eigenvalue weighted by atomic mass is 19.1. The van der Waals surface area contributed by atoms with Gasteiger partial charge in [-0.05, 0) is 103 Å². The smallest absolute Gasteiger partial charge is 0.168 e. The van der Waals surface area contributed by atoms with E-state index >= 15 is 4.39 Å². The Morgan fingerprint density at radius 1 is 0.912 bits per heavy atom. The van der Waals surface area contributed by atoms with Crippen LogP contribution in [0.4, 0.5) is 4.39 Å². The van der Waals surface area contributed by atoms with Gasteiger partial charge in [0.1, 0.15) is 6.17 Å². The molecular weight excluding hydrogens is 423 g/mol. The summed E-state index contributed by atoms with van der Waals surface area (Å²) in [5, 5.41) is 0. The largest absolute Gasteiger partial charge is 0.348 e. The van der Waals surface area contributed by atoms with Gasteiger partial charge >= 0.3 is 0 Å². The lowest BCUT2D eigenvalue weighted by atomic mass is 9.43. The Bertz CT molecular complexity index is 757. The molecule has 0 aromatic carbocycles. The highest BCUT2D eigenvalue weighted by Gasteiger charge is 2.64. The number of hydrogen-bond donors (Lipinski definition) is 0. The van der Waals surface area contributed by atoms with Gasteiger partial charge in [-0.25, -0.2) is 4.39 Å². The van der Waals surface area contributed by atoms with E-state index in [0.717, 1.165) is 25.7 Å². The number of halogens is 1. The van der Waals surface area contributed by atoms with Gasteiger partial charge in [0.15, 0.2) is 5.79 Å². The molecule has 0 aromatic heterocycles. The van der Waals surface area contributed by atoms with Gasteiger partial charge in [-0.3, -0.25) is 0 Å². The first-order valence-electron chi connectivity index (χ1n) is 14.7. The van der Waals surface area contributed by atoms with Crippen molar-refractivity contribution in [3.05, 3.63) is 12.2 Å². The molecule has 0 N–H and O–H groups in total. The maximum Gasteiger partial charge on any atom is 0.168 e. The quantitative estimate of drug-likeness (QED) is 0.374. The van der Waals surface area contributed by atoms with Crippen LogP contribution in [0.15, 0.2) is 12.2 Å². The van der Waals surface area contributed by atoms with Crippen LogP contribution in [-0.2, 0) is 9.47 Å². The molecule has 194 valence electrons. The third-order valence-electron chi connectivity index (χ3n) is 12.2. The van der Waals surface area contributed by atoms with E-state index in [1.807, 2.05) is 0 Å². The van der Waals surface area contributed by atoms with Gasteiger partial charge in [0.2, 0.25) is 0 Å². The van der Waals surface area contributed by atoms with Gasteiger partial charge in [-0.1, -0.05) is 53.7 Å². The van der Waals surface area contributed by atoms with Crippen molar-refractivity contribution in [2.75, 3.05) is 13.2 Å². The predicted molar refractivity (Wildman–Crippen MR) is 137 cm³/mol. The van der Waals surface area contributed by atoms with E-state index in [0.29, 0.717) is 60.1 Å². The normalized spacial score (nSPS) is 47.5. The van der Waals surface area contributed by atoms with Crippen LogP contribution in [-0.4, -0.2) is 25.2 Å².